The van der Waals surface area contributed by atoms with Gasteiger partial charge in [0.2, 0.25) is 10.0 Å². The molecule has 0 bridgehead atoms. The number of sulfonamides is 1. The molecule has 138 valence electrons. The van der Waals surface area contributed by atoms with Crippen LogP contribution in [-0.2, 0) is 10.0 Å². The first kappa shape index (κ1) is 19.8. The van der Waals surface area contributed by atoms with Gasteiger partial charge in [0.25, 0.3) is 11.6 Å². The van der Waals surface area contributed by atoms with Crippen molar-refractivity contribution < 1.29 is 18.1 Å². The topological polar surface area (TPSA) is 110 Å². The summed E-state index contributed by atoms with van der Waals surface area (Å²) in [6.45, 7) is 1.67. The minimum atomic E-state index is -3.74. The minimum Gasteiger partial charge on any atom is -0.321 e. The summed E-state index contributed by atoms with van der Waals surface area (Å²) in [6, 6.07) is 7.83. The Labute approximate surface area is 155 Å². The van der Waals surface area contributed by atoms with Gasteiger partial charge in [-0.2, -0.15) is 0 Å². The van der Waals surface area contributed by atoms with Crippen molar-refractivity contribution in [3.63, 3.8) is 0 Å². The maximum Gasteiger partial charge on any atom is 0.271 e. The van der Waals surface area contributed by atoms with Crippen molar-refractivity contribution in [3.8, 4) is 0 Å². The van der Waals surface area contributed by atoms with Crippen molar-refractivity contribution in [2.24, 2.45) is 0 Å². The zero-order valence-electron chi connectivity index (χ0n) is 14.2. The minimum absolute atomic E-state index is 0.0551. The van der Waals surface area contributed by atoms with Crippen LogP contribution in [0.3, 0.4) is 0 Å². The molecule has 0 heterocycles. The van der Waals surface area contributed by atoms with E-state index in [4.69, 9.17) is 11.6 Å². The number of halogens is 1. The molecule has 2 aromatic rings. The van der Waals surface area contributed by atoms with Crippen LogP contribution in [0.4, 0.5) is 11.4 Å². The third kappa shape index (κ3) is 4.01. The Hall–Kier alpha value is -2.49. The second-order valence-electron chi connectivity index (χ2n) is 5.64. The van der Waals surface area contributed by atoms with E-state index in [1.165, 1.54) is 50.5 Å². The fourth-order valence-electron chi connectivity index (χ4n) is 2.10. The van der Waals surface area contributed by atoms with Crippen LogP contribution >= 0.6 is 11.6 Å². The second-order valence-corrected chi connectivity index (χ2v) is 8.20. The van der Waals surface area contributed by atoms with Gasteiger partial charge >= 0.3 is 0 Å². The molecule has 10 heteroatoms. The van der Waals surface area contributed by atoms with Crippen LogP contribution in [0.15, 0.2) is 41.3 Å². The zero-order chi connectivity index (χ0) is 19.6. The fraction of sp³-hybridized carbons (Fsp3) is 0.188. The lowest BCUT2D eigenvalue weighted by molar-refractivity contribution is -0.384. The van der Waals surface area contributed by atoms with Crippen molar-refractivity contribution >= 4 is 38.9 Å². The first-order valence-corrected chi connectivity index (χ1v) is 9.14. The van der Waals surface area contributed by atoms with E-state index in [1.807, 2.05) is 0 Å². The van der Waals surface area contributed by atoms with Crippen LogP contribution in [0.5, 0.6) is 0 Å². The van der Waals surface area contributed by atoms with E-state index in [1.54, 1.807) is 6.92 Å². The van der Waals surface area contributed by atoms with Crippen LogP contribution in [0, 0.1) is 17.0 Å². The largest absolute Gasteiger partial charge is 0.321 e. The standard InChI is InChI=1S/C16H16ClN3O5S/c1-10-4-5-11(20(22)23)8-15(10)18-16(21)13-9-12(6-7-14(13)17)26(24,25)19(2)3/h4-9H,1-3H3,(H,18,21). The number of anilines is 1. The number of amides is 1. The normalized spacial score (nSPS) is 11.4. The maximum atomic E-state index is 12.5. The summed E-state index contributed by atoms with van der Waals surface area (Å²) in [6.07, 6.45) is 0. The summed E-state index contributed by atoms with van der Waals surface area (Å²) in [4.78, 5) is 22.8. The number of rotatable bonds is 5. The Morgan fingerprint density at radius 3 is 2.42 bits per heavy atom. The molecule has 1 amide bonds. The average molecular weight is 398 g/mol. The molecule has 0 saturated heterocycles. The highest BCUT2D eigenvalue weighted by Gasteiger charge is 2.21. The third-order valence-electron chi connectivity index (χ3n) is 3.64. The van der Waals surface area contributed by atoms with Crippen LogP contribution in [-0.4, -0.2) is 37.6 Å². The predicted molar refractivity (Wildman–Crippen MR) is 98.1 cm³/mol. The quantitative estimate of drug-likeness (QED) is 0.615. The van der Waals surface area contributed by atoms with Crippen LogP contribution < -0.4 is 5.32 Å². The molecule has 0 atom stereocenters. The summed E-state index contributed by atoms with van der Waals surface area (Å²) < 4.78 is 25.5. The van der Waals surface area contributed by atoms with Crippen molar-refractivity contribution in [3.05, 3.63) is 62.7 Å². The SMILES string of the molecule is Cc1ccc([N+](=O)[O-])cc1NC(=O)c1cc(S(=O)(=O)N(C)C)ccc1Cl. The van der Waals surface area contributed by atoms with Gasteiger partial charge in [0.15, 0.2) is 0 Å². The molecule has 0 radical (unpaired) electrons. The zero-order valence-corrected chi connectivity index (χ0v) is 15.8. The molecule has 8 nitrogen and oxygen atoms in total. The number of nitro benzene ring substituents is 1. The lowest BCUT2D eigenvalue weighted by Crippen LogP contribution is -2.23. The number of nitro groups is 1. The van der Waals surface area contributed by atoms with Gasteiger partial charge in [-0.1, -0.05) is 17.7 Å². The molecule has 0 spiro atoms. The molecular weight excluding hydrogens is 382 g/mol. The van der Waals surface area contributed by atoms with Crippen LogP contribution in [0.1, 0.15) is 15.9 Å². The van der Waals surface area contributed by atoms with Gasteiger partial charge < -0.3 is 5.32 Å². The molecule has 0 fully saturated rings. The predicted octanol–water partition coefficient (Wildman–Crippen LogP) is 3.06. The van der Waals surface area contributed by atoms with Gasteiger partial charge in [0.05, 0.1) is 26.1 Å². The van der Waals surface area contributed by atoms with Crippen LogP contribution in [0.2, 0.25) is 5.02 Å². The van der Waals surface area contributed by atoms with E-state index in [2.05, 4.69) is 5.32 Å². The van der Waals surface area contributed by atoms with Crippen molar-refractivity contribution in [1.29, 1.82) is 0 Å². The van der Waals surface area contributed by atoms with Gasteiger partial charge in [0.1, 0.15) is 0 Å². The third-order valence-corrected chi connectivity index (χ3v) is 5.78. The summed E-state index contributed by atoms with van der Waals surface area (Å²) in [5, 5.41) is 13.5. The number of aryl methyl sites for hydroxylation is 1. The number of hydrogen-bond acceptors (Lipinski definition) is 5. The highest BCUT2D eigenvalue weighted by atomic mass is 35.5. The number of carbonyl (C=O) groups excluding carboxylic acids is 1. The molecule has 0 aromatic heterocycles. The van der Waals surface area contributed by atoms with Gasteiger partial charge in [-0.15, -0.1) is 0 Å². The van der Waals surface area contributed by atoms with Crippen molar-refractivity contribution in [1.82, 2.24) is 4.31 Å². The van der Waals surface area contributed by atoms with Gasteiger partial charge in [-0.05, 0) is 30.7 Å². The summed E-state index contributed by atoms with van der Waals surface area (Å²) in [5.74, 6) is -0.672. The monoisotopic (exact) mass is 397 g/mol. The van der Waals surface area contributed by atoms with Crippen molar-refractivity contribution in [2.45, 2.75) is 11.8 Å². The Morgan fingerprint density at radius 2 is 1.85 bits per heavy atom. The number of non-ortho nitro benzene ring substituents is 1. The molecule has 0 aliphatic heterocycles. The van der Waals surface area contributed by atoms with Crippen molar-refractivity contribution in [2.75, 3.05) is 19.4 Å². The lowest BCUT2D eigenvalue weighted by atomic mass is 10.1. The Morgan fingerprint density at radius 1 is 1.19 bits per heavy atom. The Kier molecular flexibility index (Phi) is 5.65. The van der Waals surface area contributed by atoms with E-state index >= 15 is 0 Å². The Balaban J connectivity index is 2.42. The molecule has 0 saturated carbocycles. The first-order valence-electron chi connectivity index (χ1n) is 7.32. The number of hydrogen-bond donors (Lipinski definition) is 1. The van der Waals surface area contributed by atoms with Gasteiger partial charge in [-0.25, -0.2) is 12.7 Å². The molecule has 0 aliphatic rings. The van der Waals surface area contributed by atoms with E-state index < -0.39 is 20.9 Å². The summed E-state index contributed by atoms with van der Waals surface area (Å²) in [7, 11) is -1.00. The first-order chi connectivity index (χ1) is 12.0. The van der Waals surface area contributed by atoms with E-state index in [-0.39, 0.29) is 26.9 Å². The maximum absolute atomic E-state index is 12.5. The lowest BCUT2D eigenvalue weighted by Gasteiger charge is -2.14. The molecule has 26 heavy (non-hydrogen) atoms. The van der Waals surface area contributed by atoms with E-state index in [0.717, 1.165) is 4.31 Å². The molecule has 0 aliphatic carbocycles. The molecule has 0 unspecified atom stereocenters. The van der Waals surface area contributed by atoms with E-state index in [0.29, 0.717) is 5.56 Å². The average Bonchev–Trinajstić information content (AvgIpc) is 2.56. The highest BCUT2D eigenvalue weighted by Crippen LogP contribution is 2.26. The number of nitrogens with one attached hydrogen (secondary N) is 1. The van der Waals surface area contributed by atoms with Gasteiger partial charge in [-0.3, -0.25) is 14.9 Å². The number of nitrogens with zero attached hydrogens (tertiary/aromatic N) is 2. The summed E-state index contributed by atoms with van der Waals surface area (Å²) >= 11 is 6.03. The highest BCUT2D eigenvalue weighted by molar-refractivity contribution is 7.89. The molecule has 2 aromatic carbocycles. The molecule has 1 N–H and O–H groups in total. The molecule has 2 rings (SSSR count). The van der Waals surface area contributed by atoms with Gasteiger partial charge in [0, 0.05) is 26.2 Å². The summed E-state index contributed by atoms with van der Waals surface area (Å²) in [5.41, 5.74) is 0.611. The fourth-order valence-corrected chi connectivity index (χ4v) is 3.23. The number of carbonyl (C=O) groups is 1. The second kappa shape index (κ2) is 7.40. The Bertz CT molecular complexity index is 989. The smallest absolute Gasteiger partial charge is 0.271 e. The van der Waals surface area contributed by atoms with Crippen LogP contribution in [0.25, 0.3) is 0 Å². The number of benzene rings is 2. The molecular formula is C16H16ClN3O5S. The van der Waals surface area contributed by atoms with E-state index in [9.17, 15) is 23.3 Å².